The summed E-state index contributed by atoms with van der Waals surface area (Å²) in [7, 11) is -4.21. The van der Waals surface area contributed by atoms with Gasteiger partial charge in [-0.05, 0) is 0 Å². The molecule has 0 N–H and O–H groups in total. The van der Waals surface area contributed by atoms with Crippen LogP contribution in [0.5, 0.6) is 0 Å². The first-order valence-electron chi connectivity index (χ1n) is 4.23. The predicted octanol–water partition coefficient (Wildman–Crippen LogP) is -7.56. The van der Waals surface area contributed by atoms with Crippen LogP contribution >= 0.6 is 12.0 Å². The molecule has 0 aliphatic heterocycles. The molecule has 0 atom stereocenters. The van der Waals surface area contributed by atoms with Gasteiger partial charge in [0, 0.05) is 17.8 Å². The van der Waals surface area contributed by atoms with Crippen LogP contribution in [0.2, 0.25) is 0 Å². The van der Waals surface area contributed by atoms with Crippen molar-refractivity contribution in [3.8, 4) is 0 Å². The van der Waals surface area contributed by atoms with Crippen LogP contribution in [0.1, 0.15) is 0 Å². The van der Waals surface area contributed by atoms with E-state index in [1.807, 2.05) is 0 Å². The summed E-state index contributed by atoms with van der Waals surface area (Å²) in [5, 5.41) is 12.4. The van der Waals surface area contributed by atoms with Crippen molar-refractivity contribution in [2.24, 2.45) is 0 Å². The van der Waals surface area contributed by atoms with Gasteiger partial charge in [-0.1, -0.05) is 0 Å². The van der Waals surface area contributed by atoms with Gasteiger partial charge in [-0.15, -0.1) is 0 Å². The molecule has 0 saturated carbocycles. The van der Waals surface area contributed by atoms with E-state index in [-0.39, 0.29) is 78.9 Å². The normalized spacial score (nSPS) is 10.6. The van der Waals surface area contributed by atoms with Gasteiger partial charge in [0.2, 0.25) is 0 Å². The molecule has 12 heteroatoms. The third-order valence-corrected chi connectivity index (χ3v) is 2.39. The number of ether oxygens (including phenoxy) is 2. The number of hydrogen-bond donors (Lipinski definition) is 0. The van der Waals surface area contributed by atoms with E-state index < -0.39 is 15.9 Å². The van der Waals surface area contributed by atoms with E-state index in [4.69, 9.17) is 9.47 Å². The second-order valence-corrected chi connectivity index (χ2v) is 4.75. The molecule has 0 radical (unpaired) electrons. The van der Waals surface area contributed by atoms with Crippen LogP contribution in [0.25, 0.3) is 0 Å². The second-order valence-electron chi connectivity index (χ2n) is 2.44. The maximum atomic E-state index is 10.1. The zero-order valence-corrected chi connectivity index (χ0v) is 16.0. The Balaban J connectivity index is -0.00000112. The van der Waals surface area contributed by atoms with Gasteiger partial charge < -0.3 is 19.3 Å². The molecule has 0 unspecified atom stereocenters. The molecule has 0 aliphatic rings. The molecule has 0 bridgehead atoms. The molecule has 0 spiro atoms. The zero-order valence-electron chi connectivity index (χ0n) is 10.3. The van der Waals surface area contributed by atoms with E-state index in [1.54, 1.807) is 0 Å². The Bertz CT molecular complexity index is 250. The zero-order chi connectivity index (χ0) is 12.3. The summed E-state index contributed by atoms with van der Waals surface area (Å²) in [5.74, 6) is -0.130. The van der Waals surface area contributed by atoms with E-state index in [9.17, 15) is 18.2 Å². The fourth-order valence-corrected chi connectivity index (χ4v) is 1.24. The molecule has 0 amide bonds. The predicted molar refractivity (Wildman–Crippen MR) is 50.8 cm³/mol. The average Bonchev–Trinajstić information content (AvgIpc) is 2.19. The standard InChI is InChI=1S/C6H14O8S2.2Na/c7-13-14-15-5-3-11-1-2-12-4-6-16(8,9)10;;/h7H,1-6H2,(H,8,9,10);;/q;2*+1/p-2. The first-order chi connectivity index (χ1) is 7.56. The summed E-state index contributed by atoms with van der Waals surface area (Å²) in [4.78, 5) is 0. The first kappa shape index (κ1) is 25.0. The van der Waals surface area contributed by atoms with Crippen LogP contribution < -0.4 is 64.4 Å². The Morgan fingerprint density at radius 2 is 1.56 bits per heavy atom. The van der Waals surface area contributed by atoms with E-state index in [0.29, 0.717) is 12.4 Å². The van der Waals surface area contributed by atoms with Crippen molar-refractivity contribution in [3.05, 3.63) is 0 Å². The topological polar surface area (TPSA) is 117 Å². The summed E-state index contributed by atoms with van der Waals surface area (Å²) >= 11 is 0.804. The van der Waals surface area contributed by atoms with E-state index in [2.05, 4.69) is 9.37 Å². The molecular weight excluding hydrogens is 310 g/mol. The molecule has 8 nitrogen and oxygen atoms in total. The quantitative estimate of drug-likeness (QED) is 0.0912. The molecule has 0 rings (SSSR count). The Morgan fingerprint density at radius 1 is 1.00 bits per heavy atom. The van der Waals surface area contributed by atoms with Gasteiger partial charge in [0.05, 0.1) is 42.3 Å². The molecule has 98 valence electrons. The summed E-state index contributed by atoms with van der Waals surface area (Å²) in [6.45, 7) is 0.644. The minimum absolute atomic E-state index is 0. The molecule has 0 heterocycles. The van der Waals surface area contributed by atoms with Crippen molar-refractivity contribution < 1.29 is 96.2 Å². The average molecular weight is 322 g/mol. The maximum Gasteiger partial charge on any atom is 1.00 e. The molecule has 0 aliphatic carbocycles. The molecule has 0 aromatic heterocycles. The summed E-state index contributed by atoms with van der Waals surface area (Å²) < 4.78 is 44.2. The fourth-order valence-electron chi connectivity index (χ4n) is 0.630. The van der Waals surface area contributed by atoms with E-state index in [1.165, 1.54) is 0 Å². The van der Waals surface area contributed by atoms with Crippen molar-refractivity contribution in [2.45, 2.75) is 0 Å². The molecule has 0 saturated heterocycles. The smallest absolute Gasteiger partial charge is 0.748 e. The second kappa shape index (κ2) is 17.1. The van der Waals surface area contributed by atoms with Crippen molar-refractivity contribution in [2.75, 3.05) is 37.9 Å². The first-order valence-corrected chi connectivity index (χ1v) is 6.72. The van der Waals surface area contributed by atoms with Crippen molar-refractivity contribution in [1.29, 1.82) is 0 Å². The van der Waals surface area contributed by atoms with Crippen molar-refractivity contribution in [3.63, 3.8) is 0 Å². The van der Waals surface area contributed by atoms with Crippen molar-refractivity contribution in [1.82, 2.24) is 0 Å². The molecule has 0 aromatic carbocycles. The van der Waals surface area contributed by atoms with Crippen LogP contribution in [0.3, 0.4) is 0 Å². The number of rotatable bonds is 11. The maximum absolute atomic E-state index is 10.1. The molecule has 18 heavy (non-hydrogen) atoms. The molecule has 0 fully saturated rings. The van der Waals surface area contributed by atoms with Crippen LogP contribution in [-0.2, 0) is 29.0 Å². The summed E-state index contributed by atoms with van der Waals surface area (Å²) in [6, 6.07) is 0. The minimum Gasteiger partial charge on any atom is -0.748 e. The van der Waals surface area contributed by atoms with Gasteiger partial charge in [0.15, 0.2) is 0 Å². The molecule has 0 aromatic rings. The minimum atomic E-state index is -4.21. The monoisotopic (exact) mass is 322 g/mol. The summed E-state index contributed by atoms with van der Waals surface area (Å²) in [5.41, 5.74) is 0. The van der Waals surface area contributed by atoms with Gasteiger partial charge in [-0.2, -0.15) is 4.33 Å². The fraction of sp³-hybridized carbons (Fsp3) is 1.00. The number of hydrogen-bond acceptors (Lipinski definition) is 9. The van der Waals surface area contributed by atoms with E-state index >= 15 is 0 Å². The van der Waals surface area contributed by atoms with Gasteiger partial charge in [0.1, 0.15) is 0 Å². The Kier molecular flexibility index (Phi) is 23.8. The Labute approximate surface area is 154 Å². The van der Waals surface area contributed by atoms with Gasteiger partial charge in [0.25, 0.3) is 0 Å². The third-order valence-electron chi connectivity index (χ3n) is 1.24. The van der Waals surface area contributed by atoms with Gasteiger partial charge in [-0.3, -0.25) is 5.04 Å². The van der Waals surface area contributed by atoms with Crippen LogP contribution in [-0.4, -0.2) is 50.9 Å². The van der Waals surface area contributed by atoms with Crippen molar-refractivity contribution >= 4 is 22.2 Å². The molecular formula is C6H12Na2O8S2. The van der Waals surface area contributed by atoms with Gasteiger partial charge >= 0.3 is 59.1 Å². The summed E-state index contributed by atoms with van der Waals surface area (Å²) in [6.07, 6.45) is 0. The van der Waals surface area contributed by atoms with Crippen LogP contribution in [0.15, 0.2) is 0 Å². The SMILES string of the molecule is O=S(=O)([O-])CCOCCOCCSOO[O-].[Na+].[Na+]. The van der Waals surface area contributed by atoms with Crippen LogP contribution in [0, 0.1) is 0 Å². The third kappa shape index (κ3) is 23.2. The largest absolute Gasteiger partial charge is 1.00 e. The Morgan fingerprint density at radius 3 is 2.06 bits per heavy atom. The van der Waals surface area contributed by atoms with Crippen LogP contribution in [0.4, 0.5) is 0 Å². The van der Waals surface area contributed by atoms with Gasteiger partial charge in [-0.25, -0.2) is 8.42 Å². The Hall–Kier alpha value is 2.06. The van der Waals surface area contributed by atoms with E-state index in [0.717, 1.165) is 12.0 Å².